The Morgan fingerprint density at radius 1 is 1.33 bits per heavy atom. The van der Waals surface area contributed by atoms with E-state index in [1.54, 1.807) is 0 Å². The van der Waals surface area contributed by atoms with Crippen LogP contribution in [0.4, 0.5) is 0 Å². The third kappa shape index (κ3) is 2.73. The highest BCUT2D eigenvalue weighted by Gasteiger charge is 2.22. The van der Waals surface area contributed by atoms with Gasteiger partial charge in [-0.15, -0.1) is 0 Å². The Hall–Kier alpha value is -0.530. The van der Waals surface area contributed by atoms with E-state index in [2.05, 4.69) is 18.3 Å². The Bertz CT molecular complexity index is 324. The van der Waals surface area contributed by atoms with E-state index in [0.717, 1.165) is 17.5 Å². The zero-order valence-corrected chi connectivity index (χ0v) is 9.93. The quantitative estimate of drug-likeness (QED) is 0.826. The van der Waals surface area contributed by atoms with Gasteiger partial charge in [0.1, 0.15) is 0 Å². The van der Waals surface area contributed by atoms with Crippen LogP contribution in [-0.4, -0.2) is 6.04 Å². The van der Waals surface area contributed by atoms with Gasteiger partial charge < -0.3 is 5.32 Å². The normalized spacial score (nSPS) is 25.7. The molecule has 1 aromatic rings. The largest absolute Gasteiger partial charge is 0.310 e. The predicted octanol–water partition coefficient (Wildman–Crippen LogP) is 3.62. The molecule has 0 bridgehead atoms. The zero-order chi connectivity index (χ0) is 10.7. The van der Waals surface area contributed by atoms with E-state index < -0.39 is 0 Å². The molecule has 1 fully saturated rings. The van der Waals surface area contributed by atoms with Crippen LogP contribution < -0.4 is 5.32 Å². The predicted molar refractivity (Wildman–Crippen MR) is 65.1 cm³/mol. The Kier molecular flexibility index (Phi) is 3.66. The molecule has 1 N–H and O–H groups in total. The monoisotopic (exact) mass is 223 g/mol. The molecule has 2 rings (SSSR count). The van der Waals surface area contributed by atoms with Crippen LogP contribution in [0.2, 0.25) is 5.02 Å². The zero-order valence-electron chi connectivity index (χ0n) is 9.17. The van der Waals surface area contributed by atoms with Gasteiger partial charge in [-0.1, -0.05) is 43.1 Å². The molecule has 1 saturated carbocycles. The van der Waals surface area contributed by atoms with Crippen molar-refractivity contribution in [2.75, 3.05) is 0 Å². The van der Waals surface area contributed by atoms with Gasteiger partial charge in [0.15, 0.2) is 0 Å². The molecule has 0 heterocycles. The van der Waals surface area contributed by atoms with Crippen molar-refractivity contribution >= 4 is 11.6 Å². The van der Waals surface area contributed by atoms with Crippen LogP contribution in [0.15, 0.2) is 24.3 Å². The highest BCUT2D eigenvalue weighted by molar-refractivity contribution is 6.31. The molecular formula is C13H18ClN. The highest BCUT2D eigenvalue weighted by Crippen LogP contribution is 2.25. The summed E-state index contributed by atoms with van der Waals surface area (Å²) in [6.07, 6.45) is 4.03. The second-order valence-corrected chi connectivity index (χ2v) is 4.89. The lowest BCUT2D eigenvalue weighted by Crippen LogP contribution is -2.30. The minimum absolute atomic E-state index is 0.682. The molecule has 1 nitrogen and oxygen atoms in total. The van der Waals surface area contributed by atoms with E-state index >= 15 is 0 Å². The van der Waals surface area contributed by atoms with Crippen LogP contribution in [0, 0.1) is 5.92 Å². The number of nitrogens with one attached hydrogen (secondary N) is 1. The van der Waals surface area contributed by atoms with Crippen LogP contribution in [0.5, 0.6) is 0 Å². The van der Waals surface area contributed by atoms with Gasteiger partial charge in [-0.25, -0.2) is 0 Å². The van der Waals surface area contributed by atoms with E-state index in [9.17, 15) is 0 Å². The average Bonchev–Trinajstić information content (AvgIpc) is 2.63. The minimum atomic E-state index is 0.682. The fraction of sp³-hybridized carbons (Fsp3) is 0.538. The van der Waals surface area contributed by atoms with Gasteiger partial charge >= 0.3 is 0 Å². The van der Waals surface area contributed by atoms with Gasteiger partial charge in [0.05, 0.1) is 0 Å². The summed E-state index contributed by atoms with van der Waals surface area (Å²) in [6.45, 7) is 3.23. The third-order valence-electron chi connectivity index (χ3n) is 3.37. The van der Waals surface area contributed by atoms with E-state index in [1.807, 2.05) is 18.2 Å². The third-order valence-corrected chi connectivity index (χ3v) is 3.74. The van der Waals surface area contributed by atoms with Crippen molar-refractivity contribution in [3.63, 3.8) is 0 Å². The maximum absolute atomic E-state index is 6.11. The summed E-state index contributed by atoms with van der Waals surface area (Å²) in [5, 5.41) is 4.47. The summed E-state index contributed by atoms with van der Waals surface area (Å²) >= 11 is 6.11. The Morgan fingerprint density at radius 2 is 2.13 bits per heavy atom. The van der Waals surface area contributed by atoms with Crippen molar-refractivity contribution < 1.29 is 0 Å². The molecule has 0 aliphatic heterocycles. The second-order valence-electron chi connectivity index (χ2n) is 4.49. The van der Waals surface area contributed by atoms with E-state index in [1.165, 1.54) is 24.8 Å². The lowest BCUT2D eigenvalue weighted by Gasteiger charge is -2.17. The molecule has 0 spiro atoms. The molecule has 1 aliphatic carbocycles. The summed E-state index contributed by atoms with van der Waals surface area (Å²) in [4.78, 5) is 0. The smallest absolute Gasteiger partial charge is 0.0450 e. The molecule has 0 saturated heterocycles. The Labute approximate surface area is 96.8 Å². The van der Waals surface area contributed by atoms with Crippen LogP contribution >= 0.6 is 11.6 Å². The lowest BCUT2D eigenvalue weighted by atomic mass is 10.1. The molecule has 0 amide bonds. The van der Waals surface area contributed by atoms with E-state index in [4.69, 9.17) is 11.6 Å². The number of halogens is 1. The lowest BCUT2D eigenvalue weighted by molar-refractivity contribution is 0.426. The van der Waals surface area contributed by atoms with Gasteiger partial charge in [-0.05, 0) is 30.4 Å². The fourth-order valence-corrected chi connectivity index (χ4v) is 2.53. The first-order valence-corrected chi connectivity index (χ1v) is 6.12. The van der Waals surface area contributed by atoms with Crippen molar-refractivity contribution in [3.8, 4) is 0 Å². The molecule has 2 heteroatoms. The van der Waals surface area contributed by atoms with Gasteiger partial charge in [0.25, 0.3) is 0 Å². The van der Waals surface area contributed by atoms with Crippen LogP contribution in [0.3, 0.4) is 0 Å². The van der Waals surface area contributed by atoms with Crippen molar-refractivity contribution in [3.05, 3.63) is 34.9 Å². The maximum atomic E-state index is 6.11. The molecule has 0 radical (unpaired) electrons. The Balaban J connectivity index is 1.90. The van der Waals surface area contributed by atoms with Gasteiger partial charge in [-0.2, -0.15) is 0 Å². The molecule has 1 aromatic carbocycles. The summed E-state index contributed by atoms with van der Waals surface area (Å²) < 4.78 is 0. The fourth-order valence-electron chi connectivity index (χ4n) is 2.33. The van der Waals surface area contributed by atoms with Gasteiger partial charge in [0, 0.05) is 17.6 Å². The standard InChI is InChI=1S/C13H18ClN/c1-10-5-4-8-13(10)15-9-11-6-2-3-7-12(11)14/h2-3,6-7,10,13,15H,4-5,8-9H2,1H3. The number of rotatable bonds is 3. The summed E-state index contributed by atoms with van der Waals surface area (Å²) in [7, 11) is 0. The average molecular weight is 224 g/mol. The van der Waals surface area contributed by atoms with Crippen LogP contribution in [0.25, 0.3) is 0 Å². The van der Waals surface area contributed by atoms with E-state index in [0.29, 0.717) is 6.04 Å². The number of benzene rings is 1. The van der Waals surface area contributed by atoms with Crippen molar-refractivity contribution in [1.82, 2.24) is 5.32 Å². The molecule has 0 aromatic heterocycles. The van der Waals surface area contributed by atoms with Crippen molar-refractivity contribution in [1.29, 1.82) is 0 Å². The molecule has 1 aliphatic rings. The first-order valence-electron chi connectivity index (χ1n) is 5.74. The Morgan fingerprint density at radius 3 is 2.80 bits per heavy atom. The number of hydrogen-bond donors (Lipinski definition) is 1. The minimum Gasteiger partial charge on any atom is -0.310 e. The van der Waals surface area contributed by atoms with Gasteiger partial charge in [0.2, 0.25) is 0 Å². The summed E-state index contributed by atoms with van der Waals surface area (Å²) in [6, 6.07) is 8.75. The summed E-state index contributed by atoms with van der Waals surface area (Å²) in [5.74, 6) is 0.812. The molecule has 2 atom stereocenters. The first-order chi connectivity index (χ1) is 7.27. The molecular weight excluding hydrogens is 206 g/mol. The highest BCUT2D eigenvalue weighted by atomic mass is 35.5. The molecule has 15 heavy (non-hydrogen) atoms. The molecule has 2 unspecified atom stereocenters. The van der Waals surface area contributed by atoms with Crippen molar-refractivity contribution in [2.45, 2.75) is 38.8 Å². The first kappa shape index (κ1) is 11.0. The molecule has 82 valence electrons. The SMILES string of the molecule is CC1CCCC1NCc1ccccc1Cl. The van der Waals surface area contributed by atoms with E-state index in [-0.39, 0.29) is 0 Å². The van der Waals surface area contributed by atoms with Crippen LogP contribution in [0.1, 0.15) is 31.7 Å². The van der Waals surface area contributed by atoms with Crippen molar-refractivity contribution in [2.24, 2.45) is 5.92 Å². The van der Waals surface area contributed by atoms with Crippen LogP contribution in [-0.2, 0) is 6.54 Å². The maximum Gasteiger partial charge on any atom is 0.0450 e. The second kappa shape index (κ2) is 5.00. The topological polar surface area (TPSA) is 12.0 Å². The number of hydrogen-bond acceptors (Lipinski definition) is 1. The summed E-state index contributed by atoms with van der Waals surface area (Å²) in [5.41, 5.74) is 1.21. The van der Waals surface area contributed by atoms with Gasteiger partial charge in [-0.3, -0.25) is 0 Å².